The minimum atomic E-state index is -3.88. The summed E-state index contributed by atoms with van der Waals surface area (Å²) in [5.74, 6) is 0.731. The number of fused-ring (bicyclic) bond motifs is 2. The number of anilines is 1. The number of hydrogen-bond donors (Lipinski definition) is 3. The molecule has 0 unspecified atom stereocenters. The minimum absolute atomic E-state index is 0.128. The standard InChI is InChI=1S/C26H22F3N5O3S/c1-34-22-9-4-16(23(36)30-12-15-2-5-18(35)6-3-15)11-21(22)31-24(34)33-25-32-20-8-7-19(10-17(20)13-38-25)37-26(28,29)14-27/h2-11,35H,12-14H2,1H3,(H,30,36)(H,31,32,33). The fourth-order valence-electron chi connectivity index (χ4n) is 3.85. The van der Waals surface area contributed by atoms with Crippen LogP contribution in [0.15, 0.2) is 65.7 Å². The molecule has 2 heterocycles. The van der Waals surface area contributed by atoms with Crippen LogP contribution in [0.25, 0.3) is 11.0 Å². The van der Waals surface area contributed by atoms with Crippen molar-refractivity contribution in [3.63, 3.8) is 0 Å². The van der Waals surface area contributed by atoms with E-state index in [1.54, 1.807) is 42.5 Å². The van der Waals surface area contributed by atoms with Crippen LogP contribution in [0.4, 0.5) is 24.8 Å². The highest BCUT2D eigenvalue weighted by Gasteiger charge is 2.32. The predicted octanol–water partition coefficient (Wildman–Crippen LogP) is 5.50. The molecule has 0 atom stereocenters. The van der Waals surface area contributed by atoms with Gasteiger partial charge in [-0.15, -0.1) is 0 Å². The maximum Gasteiger partial charge on any atom is 0.427 e. The maximum absolute atomic E-state index is 13.2. The third-order valence-corrected chi connectivity index (χ3v) is 6.73. The molecule has 12 heteroatoms. The van der Waals surface area contributed by atoms with Crippen LogP contribution < -0.4 is 15.4 Å². The van der Waals surface area contributed by atoms with Gasteiger partial charge in [0.05, 0.1) is 16.7 Å². The van der Waals surface area contributed by atoms with Gasteiger partial charge in [0.25, 0.3) is 5.91 Å². The van der Waals surface area contributed by atoms with Crippen LogP contribution in [-0.4, -0.2) is 38.5 Å². The second kappa shape index (κ2) is 10.3. The number of aromatic hydroxyl groups is 1. The zero-order chi connectivity index (χ0) is 26.9. The van der Waals surface area contributed by atoms with Crippen LogP contribution in [0.1, 0.15) is 21.5 Å². The van der Waals surface area contributed by atoms with E-state index in [1.165, 1.54) is 23.9 Å². The molecule has 1 aliphatic heterocycles. The number of aromatic nitrogens is 2. The van der Waals surface area contributed by atoms with Gasteiger partial charge in [0.2, 0.25) is 5.95 Å². The zero-order valence-corrected chi connectivity index (χ0v) is 20.9. The first-order valence-electron chi connectivity index (χ1n) is 11.5. The lowest BCUT2D eigenvalue weighted by atomic mass is 10.1. The lowest BCUT2D eigenvalue weighted by Crippen LogP contribution is -2.27. The first-order valence-corrected chi connectivity index (χ1v) is 12.5. The van der Waals surface area contributed by atoms with Gasteiger partial charge in [-0.25, -0.2) is 14.4 Å². The average Bonchev–Trinajstić information content (AvgIpc) is 3.22. The molecule has 0 radical (unpaired) electrons. The topological polar surface area (TPSA) is 101 Å². The van der Waals surface area contributed by atoms with E-state index < -0.39 is 12.8 Å². The number of halogens is 3. The number of amides is 1. The molecule has 0 saturated heterocycles. The molecule has 1 amide bonds. The summed E-state index contributed by atoms with van der Waals surface area (Å²) in [7, 11) is 1.83. The number of rotatable bonds is 7. The summed E-state index contributed by atoms with van der Waals surface area (Å²) in [6, 6.07) is 16.1. The van der Waals surface area contributed by atoms with Crippen molar-refractivity contribution in [2.45, 2.75) is 18.4 Å². The summed E-state index contributed by atoms with van der Waals surface area (Å²) in [5.41, 5.74) is 3.99. The molecule has 1 aromatic heterocycles. The van der Waals surface area contributed by atoms with Crippen molar-refractivity contribution in [3.05, 3.63) is 77.4 Å². The normalized spacial score (nSPS) is 13.1. The van der Waals surface area contributed by atoms with E-state index in [0.717, 1.165) is 11.1 Å². The summed E-state index contributed by atoms with van der Waals surface area (Å²) in [6.07, 6.45) is -3.88. The number of phenolic OH excluding ortho intramolecular Hbond substituents is 1. The monoisotopic (exact) mass is 541 g/mol. The molecular formula is C26H22F3N5O3S. The zero-order valence-electron chi connectivity index (χ0n) is 20.0. The Labute approximate surface area is 219 Å². The van der Waals surface area contributed by atoms with E-state index in [1.807, 2.05) is 17.7 Å². The number of hydrogen-bond acceptors (Lipinski definition) is 7. The van der Waals surface area contributed by atoms with E-state index >= 15 is 0 Å². The number of alkyl halides is 3. The summed E-state index contributed by atoms with van der Waals surface area (Å²) in [4.78, 5) is 21.8. The number of thioether (sulfide) groups is 1. The molecule has 38 heavy (non-hydrogen) atoms. The van der Waals surface area contributed by atoms with E-state index in [9.17, 15) is 23.1 Å². The van der Waals surface area contributed by atoms with Crippen LogP contribution in [0.2, 0.25) is 0 Å². The van der Waals surface area contributed by atoms with Gasteiger partial charge in [-0.3, -0.25) is 4.79 Å². The molecule has 0 spiro atoms. The first-order chi connectivity index (χ1) is 18.2. The largest absolute Gasteiger partial charge is 0.508 e. The number of carbonyl (C=O) groups excluding carboxylic acids is 1. The Morgan fingerprint density at radius 1 is 1.16 bits per heavy atom. The van der Waals surface area contributed by atoms with E-state index in [2.05, 4.69) is 25.3 Å². The Bertz CT molecular complexity index is 1540. The Kier molecular flexibility index (Phi) is 6.89. The van der Waals surface area contributed by atoms with Crippen LogP contribution >= 0.6 is 11.8 Å². The number of amidine groups is 1. The van der Waals surface area contributed by atoms with Crippen LogP contribution in [0.3, 0.4) is 0 Å². The van der Waals surface area contributed by atoms with E-state index in [0.29, 0.717) is 45.7 Å². The molecule has 0 fully saturated rings. The van der Waals surface area contributed by atoms with E-state index in [4.69, 9.17) is 0 Å². The van der Waals surface area contributed by atoms with Crippen molar-refractivity contribution < 1.29 is 27.8 Å². The molecule has 3 N–H and O–H groups in total. The Morgan fingerprint density at radius 2 is 1.95 bits per heavy atom. The average molecular weight is 542 g/mol. The van der Waals surface area contributed by atoms with Gasteiger partial charge in [0.1, 0.15) is 11.5 Å². The second-order valence-electron chi connectivity index (χ2n) is 8.54. The number of benzene rings is 3. The fraction of sp³-hybridized carbons (Fsp3) is 0.192. The number of nitrogens with zero attached hydrogens (tertiary/aromatic N) is 3. The molecular weight excluding hydrogens is 519 g/mol. The molecule has 0 aliphatic carbocycles. The van der Waals surface area contributed by atoms with Crippen LogP contribution in [0.5, 0.6) is 11.5 Å². The fourth-order valence-corrected chi connectivity index (χ4v) is 4.70. The highest BCUT2D eigenvalue weighted by molar-refractivity contribution is 8.13. The highest BCUT2D eigenvalue weighted by atomic mass is 32.2. The highest BCUT2D eigenvalue weighted by Crippen LogP contribution is 2.35. The number of nitrogens with one attached hydrogen (secondary N) is 2. The smallest absolute Gasteiger partial charge is 0.427 e. The molecule has 8 nitrogen and oxygen atoms in total. The number of aliphatic imine (C=N–C) groups is 1. The Hall–Kier alpha value is -4.19. The lowest BCUT2D eigenvalue weighted by Gasteiger charge is -2.19. The van der Waals surface area contributed by atoms with Gasteiger partial charge in [0.15, 0.2) is 11.8 Å². The third-order valence-electron chi connectivity index (χ3n) is 5.81. The predicted molar refractivity (Wildman–Crippen MR) is 140 cm³/mol. The SMILES string of the molecule is Cn1c(NC2=Nc3ccc(OC(F)(F)CF)cc3CS2)nc2cc(C(=O)NCc3ccc(O)cc3)ccc21. The molecule has 5 rings (SSSR count). The Balaban J connectivity index is 1.29. The van der Waals surface area contributed by atoms with Gasteiger partial charge in [-0.05, 0) is 59.7 Å². The van der Waals surface area contributed by atoms with Crippen LogP contribution in [0, 0.1) is 0 Å². The van der Waals surface area contributed by atoms with E-state index in [-0.39, 0.29) is 17.4 Å². The van der Waals surface area contributed by atoms with Gasteiger partial charge in [-0.1, -0.05) is 23.9 Å². The summed E-state index contributed by atoms with van der Waals surface area (Å²) in [6.45, 7) is -1.59. The summed E-state index contributed by atoms with van der Waals surface area (Å²) in [5, 5.41) is 16.0. The molecule has 4 aromatic rings. The van der Waals surface area contributed by atoms with Gasteiger partial charge >= 0.3 is 6.11 Å². The van der Waals surface area contributed by atoms with Crippen LogP contribution in [-0.2, 0) is 19.3 Å². The lowest BCUT2D eigenvalue weighted by molar-refractivity contribution is -0.186. The molecule has 196 valence electrons. The van der Waals surface area contributed by atoms with Gasteiger partial charge in [-0.2, -0.15) is 8.78 Å². The maximum atomic E-state index is 13.2. The molecule has 3 aromatic carbocycles. The molecule has 1 aliphatic rings. The van der Waals surface area contributed by atoms with Gasteiger partial charge in [0, 0.05) is 24.9 Å². The van der Waals surface area contributed by atoms with Crippen molar-refractivity contribution in [1.82, 2.24) is 14.9 Å². The second-order valence-corrected chi connectivity index (χ2v) is 9.51. The first kappa shape index (κ1) is 25.5. The minimum Gasteiger partial charge on any atom is -0.508 e. The Morgan fingerprint density at radius 3 is 2.71 bits per heavy atom. The number of carbonyl (C=O) groups is 1. The number of imidazole rings is 1. The number of aryl methyl sites for hydroxylation is 1. The molecule has 0 saturated carbocycles. The summed E-state index contributed by atoms with van der Waals surface area (Å²) < 4.78 is 45.1. The number of ether oxygens (including phenoxy) is 1. The van der Waals surface area contributed by atoms with Crippen molar-refractivity contribution in [2.75, 3.05) is 12.0 Å². The number of phenols is 1. The quantitative estimate of drug-likeness (QED) is 0.286. The van der Waals surface area contributed by atoms with Gasteiger partial charge < -0.3 is 25.0 Å². The molecule has 0 bridgehead atoms. The van der Waals surface area contributed by atoms with Crippen molar-refractivity contribution in [3.8, 4) is 11.5 Å². The summed E-state index contributed by atoms with van der Waals surface area (Å²) >= 11 is 1.35. The third kappa shape index (κ3) is 5.54. The van der Waals surface area contributed by atoms with Crippen molar-refractivity contribution in [2.24, 2.45) is 12.0 Å². The van der Waals surface area contributed by atoms with Crippen molar-refractivity contribution >= 4 is 45.5 Å². The van der Waals surface area contributed by atoms with Crippen molar-refractivity contribution in [1.29, 1.82) is 0 Å².